The molecule has 22 heteroatoms. The summed E-state index contributed by atoms with van der Waals surface area (Å²) in [5, 5.41) is 47.7. The number of unbranched alkanes of at least 4 members (excludes halogenated alkanes) is 4. The van der Waals surface area contributed by atoms with Gasteiger partial charge in [-0.15, -0.1) is 0 Å². The molecule has 5 N–H and O–H groups in total. The lowest BCUT2D eigenvalue weighted by Gasteiger charge is -2.38. The summed E-state index contributed by atoms with van der Waals surface area (Å²) in [5.74, 6) is 0.0254. The Bertz CT molecular complexity index is 6840. The molecule has 2 aliphatic carbocycles. The van der Waals surface area contributed by atoms with Gasteiger partial charge in [-0.25, -0.2) is 9.15 Å². The fraction of sp³-hybridized carbons (Fsp3) is 0.339. The average Bonchev–Trinajstić information content (AvgIpc) is 0.768. The minimum absolute atomic E-state index is 0. The highest BCUT2D eigenvalue weighted by Crippen LogP contribution is 2.48. The maximum Gasteiger partial charge on any atom is 0.492 e. The van der Waals surface area contributed by atoms with Crippen molar-refractivity contribution >= 4 is 152 Å². The van der Waals surface area contributed by atoms with Crippen LogP contribution in [0.25, 0.3) is 54.2 Å². The summed E-state index contributed by atoms with van der Waals surface area (Å²) in [4.78, 5) is 59.2. The van der Waals surface area contributed by atoms with Gasteiger partial charge in [0.25, 0.3) is 0 Å². The molecule has 4 aliphatic heterocycles. The van der Waals surface area contributed by atoms with Crippen molar-refractivity contribution in [2.75, 3.05) is 98.9 Å². The molecule has 0 radical (unpaired) electrons. The first kappa shape index (κ1) is 106. The molecule has 2 amide bonds. The summed E-state index contributed by atoms with van der Waals surface area (Å²) in [6, 6.07) is 58.6. The van der Waals surface area contributed by atoms with Crippen molar-refractivity contribution in [3.05, 3.63) is 331 Å². The van der Waals surface area contributed by atoms with E-state index in [4.69, 9.17) is 9.31 Å². The highest BCUT2D eigenvalue weighted by atomic mass is 35.5. The SMILES string of the molecule is C.C=C(C)C(=O)CCCCCCc1c2ccccc2c(CNCCCNC(=O)C(=C)C)c2ccc(C3=C4C=CC(=[N+](C)C)C=C4[Si](C)(C)c4cc(N(C)C)ccc43)cc12.C=C(C)C(=O)CCCCN(Cc1cccc2c1B(O)OC2)Cc1c2ccccc2c(CN(CCCNC(=O)C(=C)C)Cc2cccc3c2B(O)OC3)c2ccc(C3=C4C=CC(=[N+](C)C)C=C4[Si](C)(C)c4cc(N(C)C)ccc43)cc12.[Cl-]. The minimum Gasteiger partial charge on any atom is -1.00 e. The number of fused-ring (bicyclic) bond motifs is 10. The first-order chi connectivity index (χ1) is 66.1. The molecule has 10 aromatic rings. The number of halogens is 1. The Morgan fingerprint density at radius 3 is 1.29 bits per heavy atom. The van der Waals surface area contributed by atoms with E-state index in [1.54, 1.807) is 20.8 Å². The monoisotopic (exact) mass is 1930 g/mol. The lowest BCUT2D eigenvalue weighted by atomic mass is 9.76. The summed E-state index contributed by atoms with van der Waals surface area (Å²) < 4.78 is 16.0. The third-order valence-electron chi connectivity index (χ3n) is 28.8. The van der Waals surface area contributed by atoms with E-state index in [1.165, 1.54) is 126 Å². The zero-order valence-corrected chi connectivity index (χ0v) is 87.4. The second-order valence-corrected chi connectivity index (χ2v) is 49.1. The molecule has 4 heterocycles. The van der Waals surface area contributed by atoms with Gasteiger partial charge in [-0.05, 0) is 309 Å². The molecule has 728 valence electrons. The Kier molecular flexibility index (Phi) is 34.8. The number of hydrogen-bond donors (Lipinski definition) is 5. The van der Waals surface area contributed by atoms with Gasteiger partial charge < -0.3 is 57.5 Å². The first-order valence-electron chi connectivity index (χ1n) is 49.3. The number of carbonyl (C=O) groups is 4. The molecule has 0 saturated carbocycles. The van der Waals surface area contributed by atoms with Crippen molar-refractivity contribution in [1.29, 1.82) is 0 Å². The maximum atomic E-state index is 12.9. The van der Waals surface area contributed by atoms with Crippen molar-refractivity contribution in [3.63, 3.8) is 0 Å². The molecule has 0 saturated heterocycles. The number of Topliss-reactive ketones (excluding diaryl/α,β-unsaturated/α-hetero) is 2. The summed E-state index contributed by atoms with van der Waals surface area (Å²) >= 11 is 0. The molecular weight excluding hydrogens is 1780 g/mol. The Hall–Kier alpha value is -11.6. The van der Waals surface area contributed by atoms with E-state index in [1.807, 2.05) is 19.1 Å². The highest BCUT2D eigenvalue weighted by Gasteiger charge is 2.44. The molecular formula is C118H143B2ClN9O8Si2+. The van der Waals surface area contributed by atoms with Gasteiger partial charge in [-0.1, -0.05) is 194 Å². The van der Waals surface area contributed by atoms with Crippen LogP contribution in [0.2, 0.25) is 26.2 Å². The molecule has 10 aromatic carbocycles. The quantitative estimate of drug-likeness (QED) is 0.00811. The van der Waals surface area contributed by atoms with Gasteiger partial charge >= 0.3 is 14.2 Å². The van der Waals surface area contributed by atoms with Crippen molar-refractivity contribution in [3.8, 4) is 0 Å². The van der Waals surface area contributed by atoms with Crippen LogP contribution in [0.15, 0.2) is 264 Å². The van der Waals surface area contributed by atoms with E-state index in [0.29, 0.717) is 107 Å². The standard InChI is InChI=1S/C66H75B2N5O6Si.C51H62N4O2Si.CH4.ClH/c1-43(2)60(74)24-13-14-32-72(37-46-18-15-20-48-41-78-67(76)64(46)48)40-59-53-23-12-11-22-52(53)58(39-73(33-17-31-69-66(75)44(3)4)38-47-19-16-21-49-42-79-68(77)65(47)49)54-28-25-45(34-57(54)59)63-55-29-26-50(70(5)6)35-61(55)80(9,10)62-36-51(71(7)8)27-30-56(62)63;1-34(2)47(56)21-14-12-11-13-18-40-39-19-15-16-20-41(39)46(33-52-28-17-29-53-51(57)35(3)4)42-25-22-36(30-45(40)42)50-43-26-23-37(54(5)6)31-48(43)58(9,10)49-32-38(55(7)8)24-27-44(49)50;;/h11-12,15-16,18-23,25-30,34-36,76-77H,1,3,13-14,17,24,31-33,37-42H2,2,4-10H3;15-16,19-20,22-27,30-32,52H,1,3,11-14,17-18,21,28-29,33H2,2,4-10H3;1H4;1H/p+1. The lowest BCUT2D eigenvalue weighted by molar-refractivity contribution is -0.462. The maximum absolute atomic E-state index is 12.9. The summed E-state index contributed by atoms with van der Waals surface area (Å²) in [7, 11) is 10.7. The van der Waals surface area contributed by atoms with E-state index in [2.05, 4.69) is 336 Å². The van der Waals surface area contributed by atoms with Crippen LogP contribution in [0.3, 0.4) is 0 Å². The Morgan fingerprint density at radius 2 is 0.843 bits per heavy atom. The van der Waals surface area contributed by atoms with Crippen LogP contribution in [0.1, 0.15) is 166 Å². The predicted octanol–water partition coefficient (Wildman–Crippen LogP) is 15.4. The van der Waals surface area contributed by atoms with Crippen LogP contribution in [0.4, 0.5) is 11.4 Å². The van der Waals surface area contributed by atoms with Crippen LogP contribution in [0, 0.1) is 0 Å². The van der Waals surface area contributed by atoms with Crippen LogP contribution in [-0.2, 0) is 80.8 Å². The predicted molar refractivity (Wildman–Crippen MR) is 589 cm³/mol. The van der Waals surface area contributed by atoms with Gasteiger partial charge in [0.15, 0.2) is 23.0 Å². The van der Waals surface area contributed by atoms with E-state index in [-0.39, 0.29) is 43.2 Å². The molecule has 16 rings (SSSR count). The average molecular weight is 1930 g/mol. The highest BCUT2D eigenvalue weighted by molar-refractivity contribution is 6.98. The van der Waals surface area contributed by atoms with Crippen molar-refractivity contribution in [1.82, 2.24) is 25.8 Å². The molecule has 0 spiro atoms. The van der Waals surface area contributed by atoms with E-state index in [0.717, 1.165) is 125 Å². The Morgan fingerprint density at radius 1 is 0.436 bits per heavy atom. The number of anilines is 2. The number of nitrogens with zero attached hydrogens (tertiary/aromatic N) is 6. The number of allylic oxidation sites excluding steroid dienone is 12. The van der Waals surface area contributed by atoms with Gasteiger partial charge in [-0.2, -0.15) is 0 Å². The Balaban J connectivity index is 0.000000244. The molecule has 140 heavy (non-hydrogen) atoms. The van der Waals surface area contributed by atoms with Crippen LogP contribution in [0.5, 0.6) is 0 Å². The summed E-state index contributed by atoms with van der Waals surface area (Å²) in [6.45, 7) is 39.5. The van der Waals surface area contributed by atoms with Gasteiger partial charge in [0.1, 0.15) is 44.3 Å². The number of aryl methyl sites for hydroxylation is 1. The van der Waals surface area contributed by atoms with Crippen molar-refractivity contribution in [2.24, 2.45) is 0 Å². The van der Waals surface area contributed by atoms with Crippen molar-refractivity contribution in [2.45, 2.75) is 178 Å². The third kappa shape index (κ3) is 22.9. The summed E-state index contributed by atoms with van der Waals surface area (Å²) in [6.07, 6.45) is 23.3. The third-order valence-corrected chi connectivity index (χ3v) is 35.9. The second-order valence-electron chi connectivity index (χ2n) is 40.5. The summed E-state index contributed by atoms with van der Waals surface area (Å²) in [5.41, 5.74) is 28.1. The number of benzene rings is 10. The fourth-order valence-corrected chi connectivity index (χ4v) is 27.1. The van der Waals surface area contributed by atoms with Gasteiger partial charge in [0.2, 0.25) is 11.8 Å². The van der Waals surface area contributed by atoms with E-state index >= 15 is 0 Å². The molecule has 0 unspecified atom stereocenters. The number of nitrogens with one attached hydrogen (secondary N) is 3. The minimum atomic E-state index is -2.25. The number of ketones is 2. The smallest absolute Gasteiger partial charge is 0.492 e. The Labute approximate surface area is 840 Å². The number of hydrogen-bond acceptors (Lipinski definition) is 13. The van der Waals surface area contributed by atoms with E-state index in [9.17, 15) is 29.2 Å². The van der Waals surface area contributed by atoms with Crippen LogP contribution < -0.4 is 59.5 Å². The first-order valence-corrected chi connectivity index (χ1v) is 55.3. The topological polar surface area (TPSA) is 182 Å². The molecule has 6 aliphatic rings. The normalized spacial score (nSPS) is 14.6. The molecule has 0 bridgehead atoms. The number of rotatable bonds is 38. The molecule has 0 atom stereocenters. The van der Waals surface area contributed by atoms with Crippen LogP contribution >= 0.6 is 0 Å². The van der Waals surface area contributed by atoms with Gasteiger partial charge in [0, 0.05) is 140 Å². The zero-order chi connectivity index (χ0) is 98.3. The molecule has 0 fully saturated rings. The van der Waals surface area contributed by atoms with Gasteiger partial charge in [0.05, 0.1) is 13.2 Å². The number of amides is 2. The fourth-order valence-electron chi connectivity index (χ4n) is 21.0. The molecule has 0 aromatic heterocycles. The molecule has 17 nitrogen and oxygen atoms in total. The van der Waals surface area contributed by atoms with Crippen molar-refractivity contribution < 1.29 is 60.1 Å². The van der Waals surface area contributed by atoms with Gasteiger partial charge in [-0.3, -0.25) is 29.0 Å². The van der Waals surface area contributed by atoms with Crippen LogP contribution in [-0.4, -0.2) is 183 Å². The second kappa shape index (κ2) is 46.0. The lowest BCUT2D eigenvalue weighted by Crippen LogP contribution is -3.00. The number of carbonyl (C=O) groups excluding carboxylic acids is 4. The largest absolute Gasteiger partial charge is 1.00 e. The van der Waals surface area contributed by atoms with E-state index < -0.39 is 30.4 Å². The zero-order valence-electron chi connectivity index (χ0n) is 84.6.